The number of rotatable bonds is 4. The molecule has 0 bridgehead atoms. The molecule has 0 aliphatic heterocycles. The van der Waals surface area contributed by atoms with E-state index in [0.29, 0.717) is 6.54 Å². The van der Waals surface area contributed by atoms with Crippen molar-refractivity contribution in [1.82, 2.24) is 9.69 Å². The minimum Gasteiger partial charge on any atom is -0.376 e. The van der Waals surface area contributed by atoms with Gasteiger partial charge in [0.2, 0.25) is 0 Å². The standard InChI is InChI=1S/C9H11BrN2O2S/c1-3-9(2,14)8(13)11-5-7-6(10)4-12-15-7/h3-4,14H,1,5H2,2H3,(H,11,13). The smallest absolute Gasteiger partial charge is 0.255 e. The number of aromatic nitrogens is 1. The van der Waals surface area contributed by atoms with Crippen LogP contribution >= 0.6 is 27.5 Å². The van der Waals surface area contributed by atoms with Gasteiger partial charge in [-0.15, -0.1) is 0 Å². The fraction of sp³-hybridized carbons (Fsp3) is 0.333. The maximum atomic E-state index is 11.4. The molecule has 1 rings (SSSR count). The van der Waals surface area contributed by atoms with Crippen LogP contribution in [0.1, 0.15) is 11.8 Å². The molecule has 0 aliphatic rings. The number of carbonyl (C=O) groups excluding carboxylic acids is 1. The summed E-state index contributed by atoms with van der Waals surface area (Å²) in [4.78, 5) is 12.3. The van der Waals surface area contributed by atoms with Crippen LogP contribution in [0.4, 0.5) is 0 Å². The van der Waals surface area contributed by atoms with Gasteiger partial charge in [-0.3, -0.25) is 4.79 Å². The van der Waals surface area contributed by atoms with Crippen LogP contribution in [0, 0.1) is 0 Å². The van der Waals surface area contributed by atoms with Crippen LogP contribution < -0.4 is 5.32 Å². The monoisotopic (exact) mass is 290 g/mol. The second-order valence-electron chi connectivity index (χ2n) is 3.13. The van der Waals surface area contributed by atoms with Crippen LogP contribution in [0.5, 0.6) is 0 Å². The molecule has 1 aromatic heterocycles. The van der Waals surface area contributed by atoms with E-state index < -0.39 is 11.5 Å². The number of carbonyl (C=O) groups is 1. The molecule has 0 saturated carbocycles. The molecule has 0 fully saturated rings. The van der Waals surface area contributed by atoms with Gasteiger partial charge in [-0.1, -0.05) is 12.7 Å². The third-order valence-electron chi connectivity index (χ3n) is 1.86. The van der Waals surface area contributed by atoms with Crippen molar-refractivity contribution in [1.29, 1.82) is 0 Å². The highest BCUT2D eigenvalue weighted by molar-refractivity contribution is 9.10. The molecule has 6 heteroatoms. The van der Waals surface area contributed by atoms with Crippen molar-refractivity contribution in [3.8, 4) is 0 Å². The summed E-state index contributed by atoms with van der Waals surface area (Å²) in [5.74, 6) is -0.474. The molecular formula is C9H11BrN2O2S. The summed E-state index contributed by atoms with van der Waals surface area (Å²) in [7, 11) is 0. The summed E-state index contributed by atoms with van der Waals surface area (Å²) in [6, 6.07) is 0. The first-order valence-electron chi connectivity index (χ1n) is 4.20. The molecule has 1 unspecified atom stereocenters. The lowest BCUT2D eigenvalue weighted by molar-refractivity contribution is -0.134. The van der Waals surface area contributed by atoms with Crippen molar-refractivity contribution >= 4 is 33.4 Å². The molecule has 0 aromatic carbocycles. The first-order chi connectivity index (χ1) is 6.97. The van der Waals surface area contributed by atoms with E-state index >= 15 is 0 Å². The van der Waals surface area contributed by atoms with Gasteiger partial charge >= 0.3 is 0 Å². The van der Waals surface area contributed by atoms with E-state index in [1.54, 1.807) is 6.20 Å². The van der Waals surface area contributed by atoms with Crippen LogP contribution in [0.2, 0.25) is 0 Å². The van der Waals surface area contributed by atoms with E-state index in [2.05, 4.69) is 32.2 Å². The molecule has 0 saturated heterocycles. The first kappa shape index (κ1) is 12.4. The fourth-order valence-electron chi connectivity index (χ4n) is 0.801. The summed E-state index contributed by atoms with van der Waals surface area (Å²) in [5.41, 5.74) is -1.53. The zero-order valence-corrected chi connectivity index (χ0v) is 10.6. The molecule has 0 aliphatic carbocycles. The Morgan fingerprint density at radius 3 is 3.07 bits per heavy atom. The zero-order chi connectivity index (χ0) is 11.5. The highest BCUT2D eigenvalue weighted by Gasteiger charge is 2.25. The van der Waals surface area contributed by atoms with Gasteiger partial charge in [-0.25, -0.2) is 0 Å². The SMILES string of the molecule is C=CC(C)(O)C(=O)NCc1sncc1Br. The topological polar surface area (TPSA) is 62.2 Å². The maximum absolute atomic E-state index is 11.4. The second-order valence-corrected chi connectivity index (χ2v) is 4.87. The third kappa shape index (κ3) is 3.12. The Kier molecular flexibility index (Phi) is 4.01. The van der Waals surface area contributed by atoms with E-state index in [9.17, 15) is 9.90 Å². The van der Waals surface area contributed by atoms with Gasteiger partial charge in [0, 0.05) is 0 Å². The quantitative estimate of drug-likeness (QED) is 0.826. The van der Waals surface area contributed by atoms with Gasteiger partial charge in [-0.05, 0) is 34.4 Å². The molecule has 0 radical (unpaired) electrons. The Hall–Kier alpha value is -0.720. The Bertz CT molecular complexity index is 376. The molecule has 15 heavy (non-hydrogen) atoms. The van der Waals surface area contributed by atoms with Crippen molar-refractivity contribution in [3.63, 3.8) is 0 Å². The van der Waals surface area contributed by atoms with Gasteiger partial charge in [-0.2, -0.15) is 4.37 Å². The molecule has 1 amide bonds. The maximum Gasteiger partial charge on any atom is 0.255 e. The van der Waals surface area contributed by atoms with Gasteiger partial charge in [0.25, 0.3) is 5.91 Å². The van der Waals surface area contributed by atoms with E-state index in [1.807, 2.05) is 0 Å². The minimum atomic E-state index is -1.53. The summed E-state index contributed by atoms with van der Waals surface area (Å²) in [5, 5.41) is 12.1. The van der Waals surface area contributed by atoms with Gasteiger partial charge in [0.1, 0.15) is 0 Å². The zero-order valence-electron chi connectivity index (χ0n) is 8.16. The predicted molar refractivity (Wildman–Crippen MR) is 62.5 cm³/mol. The number of amides is 1. The Morgan fingerprint density at radius 1 is 1.93 bits per heavy atom. The molecule has 82 valence electrons. The number of nitrogens with zero attached hydrogens (tertiary/aromatic N) is 1. The van der Waals surface area contributed by atoms with Crippen molar-refractivity contribution in [2.24, 2.45) is 0 Å². The van der Waals surface area contributed by atoms with Crippen molar-refractivity contribution in [2.75, 3.05) is 0 Å². The Morgan fingerprint density at radius 2 is 2.60 bits per heavy atom. The second kappa shape index (κ2) is 4.87. The molecule has 1 atom stereocenters. The average Bonchev–Trinajstić information content (AvgIpc) is 2.60. The van der Waals surface area contributed by atoms with Gasteiger partial charge in [0.15, 0.2) is 5.60 Å². The van der Waals surface area contributed by atoms with E-state index in [4.69, 9.17) is 0 Å². The highest BCUT2D eigenvalue weighted by atomic mass is 79.9. The van der Waals surface area contributed by atoms with Gasteiger partial charge < -0.3 is 10.4 Å². The molecule has 0 spiro atoms. The highest BCUT2D eigenvalue weighted by Crippen LogP contribution is 2.19. The van der Waals surface area contributed by atoms with Crippen LogP contribution in [0.25, 0.3) is 0 Å². The predicted octanol–water partition coefficient (Wildman–Crippen LogP) is 1.46. The number of hydrogen-bond acceptors (Lipinski definition) is 4. The average molecular weight is 291 g/mol. The Balaban J connectivity index is 2.55. The number of hydrogen-bond donors (Lipinski definition) is 2. The summed E-state index contributed by atoms with van der Waals surface area (Å²) in [6.07, 6.45) is 2.86. The van der Waals surface area contributed by atoms with E-state index in [-0.39, 0.29) is 0 Å². The van der Waals surface area contributed by atoms with E-state index in [0.717, 1.165) is 9.35 Å². The fourth-order valence-corrected chi connectivity index (χ4v) is 1.96. The van der Waals surface area contributed by atoms with Crippen molar-refractivity contribution in [3.05, 3.63) is 28.2 Å². The molecule has 4 nitrogen and oxygen atoms in total. The first-order valence-corrected chi connectivity index (χ1v) is 5.77. The van der Waals surface area contributed by atoms with Gasteiger partial charge in [0.05, 0.1) is 22.1 Å². The number of nitrogens with one attached hydrogen (secondary N) is 1. The van der Waals surface area contributed by atoms with Crippen LogP contribution in [0.15, 0.2) is 23.3 Å². The Labute approximate surface area is 100 Å². The molecule has 1 aromatic rings. The number of aliphatic hydroxyl groups is 1. The van der Waals surface area contributed by atoms with Crippen LogP contribution in [-0.4, -0.2) is 21.0 Å². The lowest BCUT2D eigenvalue weighted by Gasteiger charge is -2.17. The minimum absolute atomic E-state index is 0.341. The van der Waals surface area contributed by atoms with E-state index in [1.165, 1.54) is 24.5 Å². The molecule has 2 N–H and O–H groups in total. The molecule has 1 heterocycles. The van der Waals surface area contributed by atoms with Crippen molar-refractivity contribution < 1.29 is 9.90 Å². The normalized spacial score (nSPS) is 14.3. The lowest BCUT2D eigenvalue weighted by atomic mass is 10.1. The lowest BCUT2D eigenvalue weighted by Crippen LogP contribution is -2.42. The summed E-state index contributed by atoms with van der Waals surface area (Å²) < 4.78 is 4.80. The molecular weight excluding hydrogens is 280 g/mol. The van der Waals surface area contributed by atoms with Crippen LogP contribution in [0.3, 0.4) is 0 Å². The largest absolute Gasteiger partial charge is 0.376 e. The summed E-state index contributed by atoms with van der Waals surface area (Å²) in [6.45, 7) is 5.11. The van der Waals surface area contributed by atoms with Crippen molar-refractivity contribution in [2.45, 2.75) is 19.1 Å². The van der Waals surface area contributed by atoms with Crippen LogP contribution in [-0.2, 0) is 11.3 Å². The third-order valence-corrected chi connectivity index (χ3v) is 3.60. The number of halogens is 1. The summed E-state index contributed by atoms with van der Waals surface area (Å²) >= 11 is 4.59.